The van der Waals surface area contributed by atoms with Crippen molar-refractivity contribution in [3.05, 3.63) is 388 Å². The van der Waals surface area contributed by atoms with Gasteiger partial charge in [0.05, 0.1) is 22.1 Å². The molecule has 0 unspecified atom stereocenters. The lowest BCUT2D eigenvalue weighted by atomic mass is 9.98. The van der Waals surface area contributed by atoms with Crippen LogP contribution < -0.4 is 0 Å². The number of nitrogens with zero attached hydrogens (tertiary/aromatic N) is 8. The molecule has 6 aromatic heterocycles. The minimum absolute atomic E-state index is 0.614. The molecule has 9 nitrogen and oxygen atoms in total. The van der Waals surface area contributed by atoms with Crippen LogP contribution in [0.3, 0.4) is 0 Å². The lowest BCUT2D eigenvalue weighted by Gasteiger charge is -2.10. The Labute approximate surface area is 648 Å². The van der Waals surface area contributed by atoms with E-state index in [1.807, 2.05) is 133 Å². The summed E-state index contributed by atoms with van der Waals surface area (Å²) in [6.45, 7) is 0. The first kappa shape index (κ1) is 65.5. The summed E-state index contributed by atoms with van der Waals surface area (Å²) in [6, 6.07) is 136. The van der Waals surface area contributed by atoms with Crippen molar-refractivity contribution in [2.45, 2.75) is 0 Å². The van der Waals surface area contributed by atoms with Crippen LogP contribution in [0.5, 0.6) is 0 Å². The van der Waals surface area contributed by atoms with E-state index in [1.165, 1.54) is 86.2 Å². The van der Waals surface area contributed by atoms with Crippen molar-refractivity contribution in [1.82, 2.24) is 39.0 Å². The van der Waals surface area contributed by atoms with Crippen molar-refractivity contribution in [3.63, 3.8) is 0 Å². The van der Waals surface area contributed by atoms with Crippen molar-refractivity contribution in [2.75, 3.05) is 0 Å². The van der Waals surface area contributed by atoms with Gasteiger partial charge in [0.25, 0.3) is 0 Å². The average molecular weight is 1450 g/mol. The first-order valence-electron chi connectivity index (χ1n) is 37.6. The van der Waals surface area contributed by atoms with Crippen LogP contribution in [0.4, 0.5) is 0 Å². The van der Waals surface area contributed by atoms with Gasteiger partial charge in [-0.25, -0.2) is 29.9 Å². The van der Waals surface area contributed by atoms with Crippen molar-refractivity contribution >= 4 is 97.1 Å². The summed E-state index contributed by atoms with van der Waals surface area (Å²) >= 11 is 1.87. The molecule has 10 heteroatoms. The zero-order valence-electron chi connectivity index (χ0n) is 60.3. The highest BCUT2D eigenvalue weighted by atomic mass is 32.1. The summed E-state index contributed by atoms with van der Waals surface area (Å²) in [5, 5.41) is 9.61. The lowest BCUT2D eigenvalue weighted by molar-refractivity contribution is 0.671. The molecule has 6 heterocycles. The highest BCUT2D eigenvalue weighted by molar-refractivity contribution is 7.26. The summed E-state index contributed by atoms with van der Waals surface area (Å²) in [5.41, 5.74) is 23.4. The molecule has 0 spiro atoms. The second-order valence-electron chi connectivity index (χ2n) is 28.0. The number of para-hydroxylation sites is 6. The molecule has 22 aromatic rings. The number of thiophene rings is 1. The third kappa shape index (κ3) is 11.6. The van der Waals surface area contributed by atoms with Gasteiger partial charge in [-0.1, -0.05) is 315 Å². The molecule has 0 saturated heterocycles. The Hall–Kier alpha value is -14.8. The molecule has 16 aromatic carbocycles. The maximum absolute atomic E-state index is 6.95. The van der Waals surface area contributed by atoms with Crippen LogP contribution in [0, 0.1) is 0 Å². The minimum atomic E-state index is 0.614. The number of benzene rings is 16. The summed E-state index contributed by atoms with van der Waals surface area (Å²) in [7, 11) is 0. The number of furan rings is 1. The summed E-state index contributed by atoms with van der Waals surface area (Å²) in [4.78, 5) is 29.8. The molecule has 0 amide bonds. The van der Waals surface area contributed by atoms with E-state index in [4.69, 9.17) is 34.3 Å². The van der Waals surface area contributed by atoms with Gasteiger partial charge >= 0.3 is 0 Å². The molecule has 0 saturated carbocycles. The Morgan fingerprint density at radius 3 is 0.848 bits per heavy atom. The van der Waals surface area contributed by atoms with E-state index < -0.39 is 0 Å². The van der Waals surface area contributed by atoms with Crippen LogP contribution in [0.25, 0.3) is 210 Å². The SMILES string of the molecule is c1ccc(-c2nc(-c3ccccc3)nc(-c3cccc(-c4cccc5c4oc4c(-c6ccc7c(c6)c6ccccc6n7-c6ccccc6)cccc45)c3)n2)cc1.c1ccc(-c2nc(-c3ccccc3)nc(-c3cccc(-c4cccc5c4sc4c(-c6ccc7c(c6)c6ccccc6n7-c6ccccc6)cccc45)c3)n2)cc1. The fraction of sp³-hybridized carbons (Fsp3) is 0. The van der Waals surface area contributed by atoms with Gasteiger partial charge in [0.1, 0.15) is 11.2 Å². The average Bonchev–Trinajstić information content (AvgIpc) is 1.59. The highest BCUT2D eigenvalue weighted by Gasteiger charge is 2.23. The largest absolute Gasteiger partial charge is 0.455 e. The van der Waals surface area contributed by atoms with Crippen molar-refractivity contribution < 1.29 is 4.42 Å². The standard InChI is InChI=1S/C51H32N4O.C51H32N4S/c2*1-4-15-33(16-5-1)49-52-50(34-17-6-2-7-18-34)54-51(53-49)37-20-12-19-35(31-37)39-24-13-26-42-43-27-14-25-40(48(43)56-47(39)42)36-29-30-46-44(32-36)41-23-10-11-28-45(41)55(46)38-21-8-3-9-22-38/h2*1-32H. The molecule has 0 aliphatic rings. The lowest BCUT2D eigenvalue weighted by Crippen LogP contribution is -2.00. The Bertz CT molecular complexity index is 6810. The molecule has 0 bridgehead atoms. The Kier molecular flexibility index (Phi) is 16.2. The summed E-state index contributed by atoms with van der Waals surface area (Å²) < 4.78 is 14.2. The molecule has 112 heavy (non-hydrogen) atoms. The molecular formula is C102H64N8OS. The number of aromatic nitrogens is 8. The van der Waals surface area contributed by atoms with E-state index in [0.717, 1.165) is 88.8 Å². The number of fused-ring (bicyclic) bond motifs is 12. The minimum Gasteiger partial charge on any atom is -0.455 e. The molecule has 524 valence electrons. The second-order valence-corrected chi connectivity index (χ2v) is 29.0. The third-order valence-electron chi connectivity index (χ3n) is 21.3. The number of hydrogen-bond donors (Lipinski definition) is 0. The van der Waals surface area contributed by atoms with Crippen LogP contribution >= 0.6 is 11.3 Å². The highest BCUT2D eigenvalue weighted by Crippen LogP contribution is 2.47. The van der Waals surface area contributed by atoms with Crippen LogP contribution in [-0.2, 0) is 0 Å². The third-order valence-corrected chi connectivity index (χ3v) is 22.6. The summed E-state index contributed by atoms with van der Waals surface area (Å²) in [6.07, 6.45) is 0. The second kappa shape index (κ2) is 27.7. The molecule has 0 aliphatic carbocycles. The molecule has 0 atom stereocenters. The summed E-state index contributed by atoms with van der Waals surface area (Å²) in [5.74, 6) is 3.84. The predicted molar refractivity (Wildman–Crippen MR) is 463 cm³/mol. The monoisotopic (exact) mass is 1450 g/mol. The van der Waals surface area contributed by atoms with Gasteiger partial charge in [0, 0.05) is 108 Å². The fourth-order valence-corrected chi connectivity index (χ4v) is 17.4. The van der Waals surface area contributed by atoms with Gasteiger partial charge in [-0.15, -0.1) is 11.3 Å². The number of rotatable bonds is 12. The van der Waals surface area contributed by atoms with E-state index >= 15 is 0 Å². The Morgan fingerprint density at radius 1 is 0.188 bits per heavy atom. The topological polar surface area (TPSA) is 100 Å². The van der Waals surface area contributed by atoms with Crippen molar-refractivity contribution in [2.24, 2.45) is 0 Å². The van der Waals surface area contributed by atoms with Crippen molar-refractivity contribution in [1.29, 1.82) is 0 Å². The zero-order valence-corrected chi connectivity index (χ0v) is 61.2. The zero-order chi connectivity index (χ0) is 74.0. The normalized spacial score (nSPS) is 11.6. The Balaban J connectivity index is 0.000000141. The fourth-order valence-electron chi connectivity index (χ4n) is 16.1. The maximum atomic E-state index is 6.95. The van der Waals surface area contributed by atoms with Crippen LogP contribution in [0.2, 0.25) is 0 Å². The van der Waals surface area contributed by atoms with E-state index in [9.17, 15) is 0 Å². The van der Waals surface area contributed by atoms with Gasteiger partial charge < -0.3 is 13.6 Å². The maximum Gasteiger partial charge on any atom is 0.164 e. The van der Waals surface area contributed by atoms with Gasteiger partial charge in [-0.3, -0.25) is 0 Å². The van der Waals surface area contributed by atoms with E-state index in [1.54, 1.807) is 0 Å². The van der Waals surface area contributed by atoms with E-state index in [0.29, 0.717) is 34.9 Å². The molecule has 22 rings (SSSR count). The van der Waals surface area contributed by atoms with Crippen molar-refractivity contribution in [3.8, 4) is 124 Å². The van der Waals surface area contributed by atoms with Gasteiger partial charge in [0.15, 0.2) is 34.9 Å². The molecule has 0 N–H and O–H groups in total. The molecular weight excluding hydrogens is 1390 g/mol. The first-order chi connectivity index (χ1) is 55.5. The predicted octanol–water partition coefficient (Wildman–Crippen LogP) is 26.9. The van der Waals surface area contributed by atoms with Crippen LogP contribution in [0.15, 0.2) is 393 Å². The smallest absolute Gasteiger partial charge is 0.164 e. The first-order valence-corrected chi connectivity index (χ1v) is 38.4. The Morgan fingerprint density at radius 2 is 0.455 bits per heavy atom. The van der Waals surface area contributed by atoms with Gasteiger partial charge in [0.2, 0.25) is 0 Å². The quantitative estimate of drug-likeness (QED) is 0.120. The molecule has 0 radical (unpaired) electrons. The van der Waals surface area contributed by atoms with Crippen LogP contribution in [-0.4, -0.2) is 39.0 Å². The van der Waals surface area contributed by atoms with Gasteiger partial charge in [-0.05, 0) is 106 Å². The van der Waals surface area contributed by atoms with Crippen LogP contribution in [0.1, 0.15) is 0 Å². The van der Waals surface area contributed by atoms with E-state index in [2.05, 4.69) is 276 Å². The molecule has 0 aliphatic heterocycles. The van der Waals surface area contributed by atoms with E-state index in [-0.39, 0.29) is 0 Å². The molecule has 0 fully saturated rings. The van der Waals surface area contributed by atoms with Gasteiger partial charge in [-0.2, -0.15) is 0 Å². The number of hydrogen-bond acceptors (Lipinski definition) is 8.